The highest BCUT2D eigenvalue weighted by molar-refractivity contribution is 5.97. The van der Waals surface area contributed by atoms with Crippen molar-refractivity contribution in [1.82, 2.24) is 15.5 Å². The number of phenols is 1. The second-order valence-corrected chi connectivity index (χ2v) is 8.79. The third kappa shape index (κ3) is 6.36. The van der Waals surface area contributed by atoms with Crippen LogP contribution >= 0.6 is 0 Å². The summed E-state index contributed by atoms with van der Waals surface area (Å²) in [5.41, 5.74) is 1.32. The number of hydrogen-bond donors (Lipinski definition) is 4. The van der Waals surface area contributed by atoms with Crippen molar-refractivity contribution in [3.8, 4) is 5.75 Å². The molecule has 8 nitrogen and oxygen atoms in total. The van der Waals surface area contributed by atoms with E-state index in [1.165, 1.54) is 18.2 Å². The van der Waals surface area contributed by atoms with Gasteiger partial charge in [-0.3, -0.25) is 14.4 Å². The van der Waals surface area contributed by atoms with Gasteiger partial charge in [-0.2, -0.15) is 0 Å². The third-order valence-corrected chi connectivity index (χ3v) is 6.18. The summed E-state index contributed by atoms with van der Waals surface area (Å²) in [6, 6.07) is 11.4. The number of likely N-dealkylation sites (tertiary alicyclic amines) is 1. The Kier molecular flexibility index (Phi) is 8.81. The molecular weight excluding hydrogens is 453 g/mol. The Morgan fingerprint density at radius 3 is 2.54 bits per heavy atom. The number of hydrogen-bond acceptors (Lipinski definition) is 5. The lowest BCUT2D eigenvalue weighted by Crippen LogP contribution is -2.55. The van der Waals surface area contributed by atoms with E-state index in [-0.39, 0.29) is 30.7 Å². The van der Waals surface area contributed by atoms with E-state index in [1.54, 1.807) is 31.2 Å². The summed E-state index contributed by atoms with van der Waals surface area (Å²) < 4.78 is 14.2. The van der Waals surface area contributed by atoms with Crippen molar-refractivity contribution in [1.29, 1.82) is 0 Å². The molecule has 4 N–H and O–H groups in total. The zero-order valence-corrected chi connectivity index (χ0v) is 19.9. The van der Waals surface area contributed by atoms with Crippen LogP contribution in [0.25, 0.3) is 0 Å². The Balaban J connectivity index is 1.84. The standard InChI is InChI=1S/C26H32FN3O5/c1-3-12-28-25(34)21-14-18(27)15-30(21)26(35)23(32)20(13-17-8-5-4-6-9-17)29-24(33)19-10-7-11-22(31)16(19)2/h4-11,18,20-21,23,31-32H,3,12-15H2,1-2H3,(H,28,34)(H,29,33)/t18-,20+,21+,23+/m1/s1. The summed E-state index contributed by atoms with van der Waals surface area (Å²) >= 11 is 0. The van der Waals surface area contributed by atoms with Gasteiger partial charge in [0.15, 0.2) is 6.10 Å². The number of phenolic OH excluding ortho intramolecular Hbond substituents is 1. The van der Waals surface area contributed by atoms with E-state index in [0.717, 1.165) is 10.5 Å². The van der Waals surface area contributed by atoms with Crippen molar-refractivity contribution in [2.24, 2.45) is 0 Å². The smallest absolute Gasteiger partial charge is 0.254 e. The Morgan fingerprint density at radius 1 is 1.14 bits per heavy atom. The van der Waals surface area contributed by atoms with E-state index >= 15 is 0 Å². The van der Waals surface area contributed by atoms with E-state index in [4.69, 9.17) is 0 Å². The molecule has 1 fully saturated rings. The minimum absolute atomic E-state index is 0.0547. The van der Waals surface area contributed by atoms with E-state index in [9.17, 15) is 29.0 Å². The first kappa shape index (κ1) is 26.2. The molecule has 0 saturated carbocycles. The van der Waals surface area contributed by atoms with Crippen LogP contribution in [0.1, 0.15) is 41.3 Å². The fraction of sp³-hybridized carbons (Fsp3) is 0.423. The number of amides is 3. The summed E-state index contributed by atoms with van der Waals surface area (Å²) in [4.78, 5) is 39.9. The van der Waals surface area contributed by atoms with Gasteiger partial charge in [-0.1, -0.05) is 43.3 Å². The molecule has 4 atom stereocenters. The van der Waals surface area contributed by atoms with Crippen molar-refractivity contribution in [3.63, 3.8) is 0 Å². The largest absolute Gasteiger partial charge is 0.508 e. The van der Waals surface area contributed by atoms with Gasteiger partial charge in [0, 0.05) is 24.1 Å². The van der Waals surface area contributed by atoms with Crippen LogP contribution in [0.3, 0.4) is 0 Å². The number of aromatic hydroxyl groups is 1. The van der Waals surface area contributed by atoms with Crippen LogP contribution in [0.4, 0.5) is 4.39 Å². The molecule has 188 valence electrons. The minimum atomic E-state index is -1.72. The molecule has 0 spiro atoms. The Labute approximate surface area is 204 Å². The number of alkyl halides is 1. The normalized spacial score (nSPS) is 19.1. The number of benzene rings is 2. The molecular formula is C26H32FN3O5. The number of nitrogens with one attached hydrogen (secondary N) is 2. The lowest BCUT2D eigenvalue weighted by molar-refractivity contribution is -0.146. The van der Waals surface area contributed by atoms with Crippen molar-refractivity contribution >= 4 is 17.7 Å². The lowest BCUT2D eigenvalue weighted by atomic mass is 9.98. The Bertz CT molecular complexity index is 1050. The fourth-order valence-corrected chi connectivity index (χ4v) is 4.21. The van der Waals surface area contributed by atoms with Gasteiger partial charge in [0.1, 0.15) is 18.0 Å². The van der Waals surface area contributed by atoms with Crippen molar-refractivity contribution < 1.29 is 29.0 Å². The van der Waals surface area contributed by atoms with Gasteiger partial charge in [0.2, 0.25) is 5.91 Å². The quantitative estimate of drug-likeness (QED) is 0.432. The Hall–Kier alpha value is -3.46. The van der Waals surface area contributed by atoms with E-state index in [0.29, 0.717) is 18.5 Å². The van der Waals surface area contributed by atoms with Crippen LogP contribution in [-0.2, 0) is 16.0 Å². The highest BCUT2D eigenvalue weighted by atomic mass is 19.1. The van der Waals surface area contributed by atoms with Gasteiger partial charge < -0.3 is 25.7 Å². The summed E-state index contributed by atoms with van der Waals surface area (Å²) in [5.74, 6) is -1.92. The topological polar surface area (TPSA) is 119 Å². The molecule has 9 heteroatoms. The monoisotopic (exact) mass is 485 g/mol. The van der Waals surface area contributed by atoms with Gasteiger partial charge in [-0.05, 0) is 37.5 Å². The number of aliphatic hydroxyl groups is 1. The molecule has 0 unspecified atom stereocenters. The van der Waals surface area contributed by atoms with Gasteiger partial charge in [0.25, 0.3) is 11.8 Å². The number of carbonyl (C=O) groups excluding carboxylic acids is 3. The molecule has 1 aliphatic heterocycles. The number of aliphatic hydroxyl groups excluding tert-OH is 1. The lowest BCUT2D eigenvalue weighted by Gasteiger charge is -2.30. The SMILES string of the molecule is CCCNC(=O)[C@@H]1C[C@@H](F)CN1C(=O)[C@@H](O)[C@H](Cc1ccccc1)NC(=O)c1cccc(O)c1C. The fourth-order valence-electron chi connectivity index (χ4n) is 4.21. The number of halogens is 1. The molecule has 2 aromatic carbocycles. The highest BCUT2D eigenvalue weighted by Gasteiger charge is 2.43. The first-order valence-corrected chi connectivity index (χ1v) is 11.8. The van der Waals surface area contributed by atoms with Crippen LogP contribution < -0.4 is 10.6 Å². The maximum atomic E-state index is 14.2. The minimum Gasteiger partial charge on any atom is -0.508 e. The first-order chi connectivity index (χ1) is 16.7. The molecule has 3 amide bonds. The molecule has 0 bridgehead atoms. The van der Waals surface area contributed by atoms with Gasteiger partial charge >= 0.3 is 0 Å². The van der Waals surface area contributed by atoms with Crippen LogP contribution in [-0.4, -0.2) is 70.3 Å². The zero-order valence-electron chi connectivity index (χ0n) is 19.9. The van der Waals surface area contributed by atoms with Crippen LogP contribution in [0, 0.1) is 6.92 Å². The van der Waals surface area contributed by atoms with Crippen LogP contribution in [0.2, 0.25) is 0 Å². The number of carbonyl (C=O) groups is 3. The van der Waals surface area contributed by atoms with Crippen molar-refractivity contribution in [2.75, 3.05) is 13.1 Å². The van der Waals surface area contributed by atoms with E-state index in [2.05, 4.69) is 10.6 Å². The Morgan fingerprint density at radius 2 is 1.86 bits per heavy atom. The molecule has 1 saturated heterocycles. The van der Waals surface area contributed by atoms with Crippen molar-refractivity contribution in [3.05, 3.63) is 65.2 Å². The first-order valence-electron chi connectivity index (χ1n) is 11.8. The maximum Gasteiger partial charge on any atom is 0.254 e. The molecule has 3 rings (SSSR count). The predicted octanol–water partition coefficient (Wildman–Crippen LogP) is 1.87. The molecule has 35 heavy (non-hydrogen) atoms. The second-order valence-electron chi connectivity index (χ2n) is 8.79. The average molecular weight is 486 g/mol. The van der Waals surface area contributed by atoms with Crippen molar-refractivity contribution in [2.45, 2.75) is 57.5 Å². The number of nitrogens with zero attached hydrogens (tertiary/aromatic N) is 1. The third-order valence-electron chi connectivity index (χ3n) is 6.18. The van der Waals surface area contributed by atoms with Crippen LogP contribution in [0.15, 0.2) is 48.5 Å². The molecule has 0 aromatic heterocycles. The summed E-state index contributed by atoms with van der Waals surface area (Å²) in [6.45, 7) is 3.55. The molecule has 1 aliphatic rings. The van der Waals surface area contributed by atoms with Gasteiger partial charge in [-0.25, -0.2) is 4.39 Å². The maximum absolute atomic E-state index is 14.2. The number of rotatable bonds is 9. The van der Waals surface area contributed by atoms with Crippen LogP contribution in [0.5, 0.6) is 5.75 Å². The summed E-state index contributed by atoms with van der Waals surface area (Å²) in [5, 5.41) is 26.4. The van der Waals surface area contributed by atoms with Gasteiger partial charge in [-0.15, -0.1) is 0 Å². The molecule has 1 heterocycles. The predicted molar refractivity (Wildman–Crippen MR) is 129 cm³/mol. The molecule has 0 aliphatic carbocycles. The second kappa shape index (κ2) is 11.8. The molecule has 0 radical (unpaired) electrons. The van der Waals surface area contributed by atoms with E-state index < -0.39 is 42.1 Å². The summed E-state index contributed by atoms with van der Waals surface area (Å²) in [7, 11) is 0. The highest BCUT2D eigenvalue weighted by Crippen LogP contribution is 2.24. The zero-order chi connectivity index (χ0) is 25.5. The average Bonchev–Trinajstić information content (AvgIpc) is 3.25. The summed E-state index contributed by atoms with van der Waals surface area (Å²) in [6.07, 6.45) is -2.44. The van der Waals surface area contributed by atoms with E-state index in [1.807, 2.05) is 13.0 Å². The van der Waals surface area contributed by atoms with Gasteiger partial charge in [0.05, 0.1) is 12.6 Å². The molecule has 2 aromatic rings.